The molecule has 34 heavy (non-hydrogen) atoms. The van der Waals surface area contributed by atoms with Gasteiger partial charge in [-0.2, -0.15) is 0 Å². The number of carbonyl (C=O) groups excluding carboxylic acids is 2. The van der Waals surface area contributed by atoms with E-state index in [4.69, 9.17) is 13.9 Å². The standard InChI is InChI=1S/C25H23N3O5S/c1-15-13-21(16(2)28(15)19-9-5-18(6-10-19)24(30)32-4)22(29)14-34-25-27-26-23(33-25)17-7-11-20(31-3)12-8-17/h5-13H,14H2,1-4H3. The summed E-state index contributed by atoms with van der Waals surface area (Å²) < 4.78 is 17.6. The van der Waals surface area contributed by atoms with Crippen molar-refractivity contribution in [2.75, 3.05) is 20.0 Å². The van der Waals surface area contributed by atoms with Gasteiger partial charge in [-0.25, -0.2) is 4.79 Å². The van der Waals surface area contributed by atoms with Gasteiger partial charge in [0.2, 0.25) is 5.89 Å². The van der Waals surface area contributed by atoms with E-state index in [0.29, 0.717) is 22.2 Å². The van der Waals surface area contributed by atoms with Crippen molar-refractivity contribution in [1.82, 2.24) is 14.8 Å². The van der Waals surface area contributed by atoms with Gasteiger partial charge >= 0.3 is 5.97 Å². The lowest BCUT2D eigenvalue weighted by Gasteiger charge is -2.10. The number of ketones is 1. The van der Waals surface area contributed by atoms with Gasteiger partial charge in [0.1, 0.15) is 5.75 Å². The van der Waals surface area contributed by atoms with Gasteiger partial charge in [-0.1, -0.05) is 11.8 Å². The van der Waals surface area contributed by atoms with Gasteiger partial charge in [0, 0.05) is 28.2 Å². The lowest BCUT2D eigenvalue weighted by molar-refractivity contribution is 0.0600. The van der Waals surface area contributed by atoms with E-state index in [-0.39, 0.29) is 11.5 Å². The van der Waals surface area contributed by atoms with Crippen molar-refractivity contribution >= 4 is 23.5 Å². The van der Waals surface area contributed by atoms with Gasteiger partial charge in [0.15, 0.2) is 5.78 Å². The molecule has 0 bridgehead atoms. The highest BCUT2D eigenvalue weighted by Crippen LogP contribution is 2.27. The molecule has 2 aromatic heterocycles. The molecule has 2 aromatic carbocycles. The highest BCUT2D eigenvalue weighted by atomic mass is 32.2. The van der Waals surface area contributed by atoms with Crippen LogP contribution in [-0.4, -0.2) is 46.5 Å². The molecule has 0 amide bonds. The first-order valence-corrected chi connectivity index (χ1v) is 11.4. The molecule has 0 fully saturated rings. The second-order valence-corrected chi connectivity index (χ2v) is 8.40. The molecule has 8 nitrogen and oxygen atoms in total. The van der Waals surface area contributed by atoms with Gasteiger partial charge in [0.05, 0.1) is 25.5 Å². The zero-order valence-electron chi connectivity index (χ0n) is 19.2. The average Bonchev–Trinajstić information content (AvgIpc) is 3.46. The van der Waals surface area contributed by atoms with E-state index in [1.807, 2.05) is 60.9 Å². The molecule has 0 atom stereocenters. The smallest absolute Gasteiger partial charge is 0.337 e. The molecule has 9 heteroatoms. The Hall–Kier alpha value is -3.85. The Morgan fingerprint density at radius 2 is 1.71 bits per heavy atom. The summed E-state index contributed by atoms with van der Waals surface area (Å²) in [4.78, 5) is 24.7. The Kier molecular flexibility index (Phi) is 6.83. The minimum Gasteiger partial charge on any atom is -0.497 e. The van der Waals surface area contributed by atoms with Crippen LogP contribution >= 0.6 is 11.8 Å². The lowest BCUT2D eigenvalue weighted by Crippen LogP contribution is -2.06. The number of ether oxygens (including phenoxy) is 2. The third-order valence-electron chi connectivity index (χ3n) is 5.35. The van der Waals surface area contributed by atoms with Crippen molar-refractivity contribution in [1.29, 1.82) is 0 Å². The number of nitrogens with zero attached hydrogens (tertiary/aromatic N) is 3. The average molecular weight is 478 g/mol. The number of aromatic nitrogens is 3. The number of thioether (sulfide) groups is 1. The van der Waals surface area contributed by atoms with E-state index in [9.17, 15) is 9.59 Å². The molecule has 0 saturated heterocycles. The number of rotatable bonds is 8. The summed E-state index contributed by atoms with van der Waals surface area (Å²) in [6, 6.07) is 16.2. The molecular weight excluding hydrogens is 454 g/mol. The van der Waals surface area contributed by atoms with Crippen LogP contribution < -0.4 is 4.74 Å². The number of methoxy groups -OCH3 is 2. The molecular formula is C25H23N3O5S. The summed E-state index contributed by atoms with van der Waals surface area (Å²) in [5, 5.41) is 8.44. The zero-order chi connectivity index (χ0) is 24.2. The predicted octanol–water partition coefficient (Wildman–Crippen LogP) is 4.91. The molecule has 0 spiro atoms. The summed E-state index contributed by atoms with van der Waals surface area (Å²) in [7, 11) is 2.95. The van der Waals surface area contributed by atoms with Crippen molar-refractivity contribution in [3.8, 4) is 22.9 Å². The number of Topliss-reactive ketones (excluding diaryl/α,β-unsaturated/α-hetero) is 1. The minimum atomic E-state index is -0.392. The van der Waals surface area contributed by atoms with Crippen LogP contribution in [0.2, 0.25) is 0 Å². The normalized spacial score (nSPS) is 10.8. The summed E-state index contributed by atoms with van der Waals surface area (Å²) in [5.74, 6) is 0.846. The fraction of sp³-hybridized carbons (Fsp3) is 0.200. The van der Waals surface area contributed by atoms with Crippen LogP contribution in [-0.2, 0) is 4.74 Å². The second kappa shape index (κ2) is 9.96. The molecule has 0 radical (unpaired) electrons. The Labute approximate surface area is 200 Å². The third-order valence-corrected chi connectivity index (χ3v) is 6.17. The monoisotopic (exact) mass is 477 g/mol. The van der Waals surface area contributed by atoms with E-state index >= 15 is 0 Å². The number of benzene rings is 2. The second-order valence-electron chi connectivity index (χ2n) is 7.47. The Balaban J connectivity index is 1.46. The van der Waals surface area contributed by atoms with Gasteiger partial charge in [-0.15, -0.1) is 10.2 Å². The van der Waals surface area contributed by atoms with Gasteiger partial charge in [-0.3, -0.25) is 4.79 Å². The van der Waals surface area contributed by atoms with Crippen LogP contribution in [0.3, 0.4) is 0 Å². The molecule has 0 N–H and O–H groups in total. The number of aryl methyl sites for hydroxylation is 1. The zero-order valence-corrected chi connectivity index (χ0v) is 20.0. The molecule has 0 unspecified atom stereocenters. The van der Waals surface area contributed by atoms with Crippen molar-refractivity contribution in [3.63, 3.8) is 0 Å². The van der Waals surface area contributed by atoms with Gasteiger partial charge < -0.3 is 18.5 Å². The number of hydrogen-bond acceptors (Lipinski definition) is 8. The van der Waals surface area contributed by atoms with Crippen molar-refractivity contribution in [3.05, 3.63) is 77.1 Å². The molecule has 2 heterocycles. The van der Waals surface area contributed by atoms with Crippen molar-refractivity contribution in [2.24, 2.45) is 0 Å². The highest BCUT2D eigenvalue weighted by molar-refractivity contribution is 7.99. The van der Waals surface area contributed by atoms with Crippen molar-refractivity contribution < 1.29 is 23.5 Å². The van der Waals surface area contributed by atoms with Crippen molar-refractivity contribution in [2.45, 2.75) is 19.1 Å². The number of carbonyl (C=O) groups is 2. The molecule has 4 rings (SSSR count). The molecule has 4 aromatic rings. The largest absolute Gasteiger partial charge is 0.497 e. The van der Waals surface area contributed by atoms with Crippen LogP contribution in [0.1, 0.15) is 32.1 Å². The Morgan fingerprint density at radius 1 is 1.00 bits per heavy atom. The van der Waals surface area contributed by atoms with Crippen LogP contribution in [0, 0.1) is 13.8 Å². The fourth-order valence-electron chi connectivity index (χ4n) is 3.63. The third kappa shape index (κ3) is 4.74. The Bertz CT molecular complexity index is 1320. The van der Waals surface area contributed by atoms with Crippen LogP contribution in [0.15, 0.2) is 64.2 Å². The van der Waals surface area contributed by atoms with Crippen LogP contribution in [0.25, 0.3) is 17.1 Å². The molecule has 0 aliphatic heterocycles. The minimum absolute atomic E-state index is 0.0419. The SMILES string of the molecule is COC(=O)c1ccc(-n2c(C)cc(C(=O)CSc3nnc(-c4ccc(OC)cc4)o3)c2C)cc1. The van der Waals surface area contributed by atoms with E-state index in [2.05, 4.69) is 10.2 Å². The summed E-state index contributed by atoms with van der Waals surface area (Å²) in [5.41, 5.74) is 4.45. The van der Waals surface area contributed by atoms with E-state index in [0.717, 1.165) is 28.4 Å². The van der Waals surface area contributed by atoms with Gasteiger partial charge in [0.25, 0.3) is 5.22 Å². The number of esters is 1. The first-order valence-electron chi connectivity index (χ1n) is 10.4. The maximum atomic E-state index is 13.0. The maximum absolute atomic E-state index is 13.0. The molecule has 0 aliphatic rings. The fourth-order valence-corrected chi connectivity index (χ4v) is 4.28. The summed E-state index contributed by atoms with van der Waals surface area (Å²) >= 11 is 1.20. The van der Waals surface area contributed by atoms with E-state index in [1.165, 1.54) is 18.9 Å². The van der Waals surface area contributed by atoms with E-state index in [1.54, 1.807) is 19.2 Å². The quantitative estimate of drug-likeness (QED) is 0.201. The lowest BCUT2D eigenvalue weighted by atomic mass is 10.2. The first kappa shape index (κ1) is 23.3. The number of hydrogen-bond donors (Lipinski definition) is 0. The maximum Gasteiger partial charge on any atom is 0.337 e. The molecule has 0 aliphatic carbocycles. The Morgan fingerprint density at radius 3 is 2.35 bits per heavy atom. The summed E-state index contributed by atoms with van der Waals surface area (Å²) in [6.45, 7) is 3.83. The van der Waals surface area contributed by atoms with Crippen LogP contribution in [0.5, 0.6) is 5.75 Å². The first-order chi connectivity index (χ1) is 16.4. The van der Waals surface area contributed by atoms with E-state index < -0.39 is 5.97 Å². The molecule has 174 valence electrons. The molecule has 0 saturated carbocycles. The van der Waals surface area contributed by atoms with Gasteiger partial charge in [-0.05, 0) is 68.4 Å². The predicted molar refractivity (Wildman–Crippen MR) is 128 cm³/mol. The highest BCUT2D eigenvalue weighted by Gasteiger charge is 2.19. The summed E-state index contributed by atoms with van der Waals surface area (Å²) in [6.07, 6.45) is 0. The topological polar surface area (TPSA) is 96.5 Å². The van der Waals surface area contributed by atoms with Crippen LogP contribution in [0.4, 0.5) is 0 Å².